The Hall–Kier alpha value is -3.43. The summed E-state index contributed by atoms with van der Waals surface area (Å²) < 4.78 is 53.2. The number of alkyl halides is 3. The molecule has 0 aliphatic carbocycles. The zero-order valence-corrected chi connectivity index (χ0v) is 14.7. The van der Waals surface area contributed by atoms with Crippen LogP contribution in [-0.4, -0.2) is 16.1 Å². The molecule has 0 atom stereocenters. The molecule has 0 unspecified atom stereocenters. The summed E-state index contributed by atoms with van der Waals surface area (Å²) in [5.74, 6) is -0.841. The minimum absolute atomic E-state index is 0.0739. The van der Waals surface area contributed by atoms with Crippen molar-refractivity contribution >= 4 is 5.97 Å². The summed E-state index contributed by atoms with van der Waals surface area (Å²) in [5, 5.41) is 3.60. The number of rotatable bonds is 4. The van der Waals surface area contributed by atoms with Crippen LogP contribution in [0.1, 0.15) is 33.1 Å². The first kappa shape index (κ1) is 19.3. The van der Waals surface area contributed by atoms with Crippen molar-refractivity contribution < 1.29 is 31.6 Å². The molecule has 0 N–H and O–H groups in total. The lowest BCUT2D eigenvalue weighted by Crippen LogP contribution is -2.12. The van der Waals surface area contributed by atoms with E-state index in [1.54, 1.807) is 6.92 Å². The summed E-state index contributed by atoms with van der Waals surface area (Å²) >= 11 is 0. The molecule has 0 fully saturated rings. The van der Waals surface area contributed by atoms with Crippen molar-refractivity contribution in [3.8, 4) is 11.4 Å². The van der Waals surface area contributed by atoms with E-state index >= 15 is 0 Å². The third-order valence-electron chi connectivity index (χ3n) is 3.78. The topological polar surface area (TPSA) is 95.4 Å². The Kier molecular flexibility index (Phi) is 5.04. The summed E-state index contributed by atoms with van der Waals surface area (Å²) in [4.78, 5) is 27.4. The van der Waals surface area contributed by atoms with Crippen molar-refractivity contribution in [2.75, 3.05) is 0 Å². The molecule has 146 valence electrons. The molecule has 3 aromatic rings. The van der Waals surface area contributed by atoms with Gasteiger partial charge in [-0.1, -0.05) is 17.3 Å². The number of halogens is 3. The number of nitrogens with zero attached hydrogens (tertiary/aromatic N) is 2. The van der Waals surface area contributed by atoms with E-state index in [0.717, 1.165) is 18.2 Å². The average Bonchev–Trinajstić information content (AvgIpc) is 3.07. The maximum absolute atomic E-state index is 12.8. The Balaban J connectivity index is 1.74. The molecule has 10 heteroatoms. The monoisotopic (exact) mass is 394 g/mol. The second kappa shape index (κ2) is 7.29. The minimum atomic E-state index is -4.50. The largest absolute Gasteiger partial charge is 0.452 e. The standard InChI is InChI=1S/C18H13F3N2O5/c1-9-6-14(24)27-10(2)15(9)17(25)26-8-13-22-16(23-28-13)11-4-3-5-12(7-11)18(19,20)21/h3-7H,8H2,1-2H3. The maximum Gasteiger partial charge on any atom is 0.416 e. The van der Waals surface area contributed by atoms with Crippen LogP contribution in [0.2, 0.25) is 0 Å². The first-order chi connectivity index (χ1) is 13.1. The summed E-state index contributed by atoms with van der Waals surface area (Å²) in [6.07, 6.45) is -4.50. The van der Waals surface area contributed by atoms with Crippen molar-refractivity contribution in [1.82, 2.24) is 10.1 Å². The molecule has 0 amide bonds. The van der Waals surface area contributed by atoms with E-state index < -0.39 is 29.9 Å². The number of benzene rings is 1. The quantitative estimate of drug-likeness (QED) is 0.623. The Morgan fingerprint density at radius 2 is 1.96 bits per heavy atom. The van der Waals surface area contributed by atoms with Crippen molar-refractivity contribution in [2.45, 2.75) is 26.6 Å². The third-order valence-corrected chi connectivity index (χ3v) is 3.78. The smallest absolute Gasteiger partial charge is 0.416 e. The fraction of sp³-hybridized carbons (Fsp3) is 0.222. The highest BCUT2D eigenvalue weighted by Crippen LogP contribution is 2.31. The molecular formula is C18H13F3N2O5. The molecule has 1 aromatic carbocycles. The Morgan fingerprint density at radius 3 is 2.64 bits per heavy atom. The highest BCUT2D eigenvalue weighted by molar-refractivity contribution is 5.91. The first-order valence-corrected chi connectivity index (χ1v) is 7.94. The highest BCUT2D eigenvalue weighted by Gasteiger charge is 2.30. The fourth-order valence-electron chi connectivity index (χ4n) is 2.53. The predicted octanol–water partition coefficient (Wildman–Crippen LogP) is 3.68. The fourth-order valence-corrected chi connectivity index (χ4v) is 2.53. The summed E-state index contributed by atoms with van der Waals surface area (Å²) in [6, 6.07) is 5.59. The van der Waals surface area contributed by atoms with Gasteiger partial charge in [-0.2, -0.15) is 18.2 Å². The third kappa shape index (κ3) is 4.11. The van der Waals surface area contributed by atoms with Gasteiger partial charge in [-0.05, 0) is 31.5 Å². The molecule has 0 spiro atoms. The van der Waals surface area contributed by atoms with Crippen LogP contribution in [0.5, 0.6) is 0 Å². The summed E-state index contributed by atoms with van der Waals surface area (Å²) in [6.45, 7) is 2.60. The zero-order chi connectivity index (χ0) is 20.5. The second-order valence-electron chi connectivity index (χ2n) is 5.85. The number of aryl methyl sites for hydroxylation is 2. The Labute approximate surface area is 155 Å². The van der Waals surface area contributed by atoms with E-state index in [0.29, 0.717) is 5.56 Å². The predicted molar refractivity (Wildman–Crippen MR) is 88.3 cm³/mol. The molecule has 0 bridgehead atoms. The first-order valence-electron chi connectivity index (χ1n) is 7.94. The van der Waals surface area contributed by atoms with Gasteiger partial charge in [-0.3, -0.25) is 0 Å². The number of carbonyl (C=O) groups is 1. The number of esters is 1. The molecule has 7 nitrogen and oxygen atoms in total. The summed E-state index contributed by atoms with van der Waals surface area (Å²) in [5.41, 5.74) is -0.854. The van der Waals surface area contributed by atoms with E-state index in [4.69, 9.17) is 13.7 Å². The molecule has 3 rings (SSSR count). The van der Waals surface area contributed by atoms with Gasteiger partial charge in [-0.25, -0.2) is 9.59 Å². The van der Waals surface area contributed by atoms with Crippen LogP contribution in [-0.2, 0) is 17.5 Å². The SMILES string of the molecule is Cc1cc(=O)oc(C)c1C(=O)OCc1nc(-c2cccc(C(F)(F)F)c2)no1. The van der Waals surface area contributed by atoms with Crippen LogP contribution < -0.4 is 5.63 Å². The lowest BCUT2D eigenvalue weighted by atomic mass is 10.1. The lowest BCUT2D eigenvalue weighted by molar-refractivity contribution is -0.137. The average molecular weight is 394 g/mol. The second-order valence-corrected chi connectivity index (χ2v) is 5.85. The number of hydrogen-bond acceptors (Lipinski definition) is 7. The van der Waals surface area contributed by atoms with Crippen LogP contribution >= 0.6 is 0 Å². The molecule has 0 saturated heterocycles. The molecule has 0 aliphatic heterocycles. The van der Waals surface area contributed by atoms with Crippen molar-refractivity contribution in [1.29, 1.82) is 0 Å². The number of aromatic nitrogens is 2. The van der Waals surface area contributed by atoms with E-state index in [1.807, 2.05) is 0 Å². The van der Waals surface area contributed by atoms with E-state index in [-0.39, 0.29) is 28.6 Å². The molecule has 0 radical (unpaired) electrons. The number of ether oxygens (including phenoxy) is 1. The van der Waals surface area contributed by atoms with Gasteiger partial charge >= 0.3 is 17.8 Å². The highest BCUT2D eigenvalue weighted by atomic mass is 19.4. The normalized spacial score (nSPS) is 11.5. The molecule has 2 aromatic heterocycles. The van der Waals surface area contributed by atoms with Crippen LogP contribution in [0.3, 0.4) is 0 Å². The van der Waals surface area contributed by atoms with Crippen LogP contribution in [0.4, 0.5) is 13.2 Å². The van der Waals surface area contributed by atoms with Gasteiger partial charge in [0.2, 0.25) is 5.82 Å². The molecule has 0 saturated carbocycles. The molecule has 2 heterocycles. The van der Waals surface area contributed by atoms with Gasteiger partial charge in [0.25, 0.3) is 5.89 Å². The zero-order valence-electron chi connectivity index (χ0n) is 14.7. The Morgan fingerprint density at radius 1 is 1.21 bits per heavy atom. The van der Waals surface area contributed by atoms with Gasteiger partial charge in [-0.15, -0.1) is 0 Å². The van der Waals surface area contributed by atoms with Gasteiger partial charge < -0.3 is 13.7 Å². The van der Waals surface area contributed by atoms with Crippen LogP contribution in [0.25, 0.3) is 11.4 Å². The van der Waals surface area contributed by atoms with Gasteiger partial charge in [0.1, 0.15) is 11.3 Å². The Bertz CT molecular complexity index is 1060. The van der Waals surface area contributed by atoms with Crippen molar-refractivity contribution in [3.63, 3.8) is 0 Å². The molecule has 0 aliphatic rings. The van der Waals surface area contributed by atoms with Crippen molar-refractivity contribution in [2.24, 2.45) is 0 Å². The molecule has 28 heavy (non-hydrogen) atoms. The number of carbonyl (C=O) groups excluding carboxylic acids is 1. The van der Waals surface area contributed by atoms with Gasteiger partial charge in [0.05, 0.1) is 5.56 Å². The summed E-state index contributed by atoms with van der Waals surface area (Å²) in [7, 11) is 0. The van der Waals surface area contributed by atoms with Crippen molar-refractivity contribution in [3.05, 3.63) is 69.1 Å². The van der Waals surface area contributed by atoms with E-state index in [9.17, 15) is 22.8 Å². The van der Waals surface area contributed by atoms with Crippen LogP contribution in [0, 0.1) is 13.8 Å². The molecular weight excluding hydrogens is 381 g/mol. The van der Waals surface area contributed by atoms with Crippen LogP contribution in [0.15, 0.2) is 44.1 Å². The lowest BCUT2D eigenvalue weighted by Gasteiger charge is -2.07. The van der Waals surface area contributed by atoms with Gasteiger partial charge in [0, 0.05) is 11.6 Å². The number of hydrogen-bond donors (Lipinski definition) is 0. The minimum Gasteiger partial charge on any atom is -0.452 e. The maximum atomic E-state index is 12.8. The van der Waals surface area contributed by atoms with E-state index in [2.05, 4.69) is 10.1 Å². The van der Waals surface area contributed by atoms with E-state index in [1.165, 1.54) is 19.1 Å². The van der Waals surface area contributed by atoms with Gasteiger partial charge in [0.15, 0.2) is 6.61 Å².